The zero-order valence-electron chi connectivity index (χ0n) is 13.5. The van der Waals surface area contributed by atoms with Gasteiger partial charge >= 0.3 is 0 Å². The minimum Gasteiger partial charge on any atom is -0.270 e. The molecule has 132 valence electrons. The van der Waals surface area contributed by atoms with Gasteiger partial charge in [0.1, 0.15) is 0 Å². The summed E-state index contributed by atoms with van der Waals surface area (Å²) >= 11 is 0. The maximum absolute atomic E-state index is 11.6. The van der Waals surface area contributed by atoms with E-state index < -0.39 is 20.2 Å². The molecule has 4 saturated carbocycles. The maximum Gasteiger partial charge on any atom is 0.264 e. The molecule has 24 heavy (non-hydrogen) atoms. The molecule has 6 rings (SSSR count). The van der Waals surface area contributed by atoms with Gasteiger partial charge in [-0.1, -0.05) is 24.3 Å². The zero-order valence-corrected chi connectivity index (χ0v) is 15.1. The summed E-state index contributed by atoms with van der Waals surface area (Å²) in [6, 6.07) is 0. The third kappa shape index (κ3) is 1.51. The van der Waals surface area contributed by atoms with E-state index in [0.717, 1.165) is 12.5 Å². The average Bonchev–Trinajstić information content (AvgIpc) is 3.20. The van der Waals surface area contributed by atoms with E-state index in [1.165, 1.54) is 0 Å². The quantitative estimate of drug-likeness (QED) is 0.506. The Morgan fingerprint density at radius 3 is 1.25 bits per heavy atom. The molecule has 0 aromatic carbocycles. The lowest BCUT2D eigenvalue weighted by atomic mass is 9.54. The van der Waals surface area contributed by atoms with Crippen LogP contribution in [-0.4, -0.2) is 42.6 Å². The minimum atomic E-state index is -3.56. The molecule has 0 radical (unpaired) electrons. The highest BCUT2D eigenvalue weighted by atomic mass is 32.2. The molecule has 0 spiro atoms. The molecule has 8 heteroatoms. The van der Waals surface area contributed by atoms with Crippen molar-refractivity contribution in [2.75, 3.05) is 25.7 Å². The van der Waals surface area contributed by atoms with Gasteiger partial charge in [0.15, 0.2) is 0 Å². The molecule has 6 nitrogen and oxygen atoms in total. The Morgan fingerprint density at radius 2 is 1.00 bits per heavy atom. The van der Waals surface area contributed by atoms with Crippen LogP contribution in [0.2, 0.25) is 0 Å². The molecule has 0 aromatic heterocycles. The van der Waals surface area contributed by atoms with Gasteiger partial charge in [0.05, 0.1) is 25.7 Å². The van der Waals surface area contributed by atoms with Crippen LogP contribution in [0.4, 0.5) is 0 Å². The molecule has 0 saturated heterocycles. The molecular formula is C16H20O6S2. The van der Waals surface area contributed by atoms with Crippen molar-refractivity contribution in [3.8, 4) is 0 Å². The second kappa shape index (κ2) is 4.16. The first-order valence-corrected chi connectivity index (χ1v) is 11.8. The van der Waals surface area contributed by atoms with Crippen molar-refractivity contribution < 1.29 is 25.2 Å². The highest BCUT2D eigenvalue weighted by molar-refractivity contribution is 7.86. The van der Waals surface area contributed by atoms with Gasteiger partial charge in [0.25, 0.3) is 20.2 Å². The van der Waals surface area contributed by atoms with Crippen LogP contribution in [0.5, 0.6) is 0 Å². The lowest BCUT2D eigenvalue weighted by molar-refractivity contribution is -0.0583. The van der Waals surface area contributed by atoms with Gasteiger partial charge in [-0.3, -0.25) is 8.37 Å². The average molecular weight is 372 g/mol. The predicted octanol–water partition coefficient (Wildman–Crippen LogP) is 0.789. The van der Waals surface area contributed by atoms with E-state index in [-0.39, 0.29) is 47.7 Å². The van der Waals surface area contributed by atoms with E-state index >= 15 is 0 Å². The highest BCUT2D eigenvalue weighted by Gasteiger charge is 2.88. The number of allylic oxidation sites excluding steroid dienone is 4. The van der Waals surface area contributed by atoms with Crippen LogP contribution in [0.3, 0.4) is 0 Å². The third-order valence-corrected chi connectivity index (χ3v) is 8.52. The molecule has 4 fully saturated rings. The van der Waals surface area contributed by atoms with Crippen molar-refractivity contribution >= 4 is 20.2 Å². The summed E-state index contributed by atoms with van der Waals surface area (Å²) in [7, 11) is -7.11. The Morgan fingerprint density at radius 1 is 0.708 bits per heavy atom. The van der Waals surface area contributed by atoms with Crippen LogP contribution in [0.15, 0.2) is 24.3 Å². The first kappa shape index (κ1) is 15.5. The molecule has 0 unspecified atom stereocenters. The monoisotopic (exact) mass is 372 g/mol. The largest absolute Gasteiger partial charge is 0.270 e. The smallest absolute Gasteiger partial charge is 0.264 e. The number of hydrogen-bond acceptors (Lipinski definition) is 6. The van der Waals surface area contributed by atoms with Crippen LogP contribution in [0.25, 0.3) is 0 Å². The van der Waals surface area contributed by atoms with Crippen molar-refractivity contribution in [1.29, 1.82) is 0 Å². The van der Waals surface area contributed by atoms with Gasteiger partial charge in [-0.25, -0.2) is 0 Å². The Labute approximate surface area is 142 Å². The summed E-state index contributed by atoms with van der Waals surface area (Å²) in [5.74, 6) is 1.93. The lowest BCUT2D eigenvalue weighted by Crippen LogP contribution is -2.54. The highest BCUT2D eigenvalue weighted by Crippen LogP contribution is 2.89. The van der Waals surface area contributed by atoms with Gasteiger partial charge in [-0.2, -0.15) is 16.8 Å². The predicted molar refractivity (Wildman–Crippen MR) is 85.7 cm³/mol. The molecule has 4 atom stereocenters. The lowest BCUT2D eigenvalue weighted by Gasteiger charge is -2.52. The molecular weight excluding hydrogens is 352 g/mol. The SMILES string of the molecule is CS(=O)(=O)OCC12[C@H]3C=C[C@H]4C3C3[C@@H]1C=C[C@@H]3C42COS(C)(=O)=O. The summed E-state index contributed by atoms with van der Waals surface area (Å²) < 4.78 is 57.1. The Hall–Kier alpha value is -0.700. The first-order chi connectivity index (χ1) is 11.1. The Bertz CT molecular complexity index is 782. The van der Waals surface area contributed by atoms with Crippen molar-refractivity contribution in [3.05, 3.63) is 24.3 Å². The molecule has 0 aliphatic heterocycles. The second-order valence-corrected chi connectivity index (χ2v) is 11.3. The zero-order chi connectivity index (χ0) is 17.1. The molecule has 0 N–H and O–H groups in total. The standard InChI is InChI=1S/C16H20O6S2/c1-23(17,18)21-7-15-9-3-5-11-13(9)14-10(15)4-6-12(14)16(11,15)8-22-24(2,19)20/h3-6,9-14H,7-8H2,1-2H3/t9-,10-,11-,12-,13?,14?,15?,16?/m0/s1. The fourth-order valence-corrected chi connectivity index (χ4v) is 8.02. The van der Waals surface area contributed by atoms with Gasteiger partial charge < -0.3 is 0 Å². The van der Waals surface area contributed by atoms with Crippen molar-refractivity contribution in [1.82, 2.24) is 0 Å². The molecule has 8 bridgehead atoms. The van der Waals surface area contributed by atoms with Crippen LogP contribution in [0.1, 0.15) is 0 Å². The summed E-state index contributed by atoms with van der Waals surface area (Å²) in [6.45, 7) is 0.228. The van der Waals surface area contributed by atoms with Gasteiger partial charge in [-0.15, -0.1) is 0 Å². The molecule has 0 amide bonds. The molecule has 0 heterocycles. The molecule has 0 aromatic rings. The van der Waals surface area contributed by atoms with E-state index in [1.54, 1.807) is 0 Å². The first-order valence-electron chi connectivity index (χ1n) is 8.17. The van der Waals surface area contributed by atoms with Crippen molar-refractivity contribution in [3.63, 3.8) is 0 Å². The maximum atomic E-state index is 11.6. The Kier molecular flexibility index (Phi) is 2.70. The van der Waals surface area contributed by atoms with Crippen molar-refractivity contribution in [2.24, 2.45) is 46.3 Å². The van der Waals surface area contributed by atoms with Crippen molar-refractivity contribution in [2.45, 2.75) is 0 Å². The normalized spacial score (nSPS) is 52.2. The van der Waals surface area contributed by atoms with E-state index in [1.807, 2.05) is 0 Å². The van der Waals surface area contributed by atoms with E-state index in [0.29, 0.717) is 11.8 Å². The van der Waals surface area contributed by atoms with Gasteiger partial charge in [0.2, 0.25) is 0 Å². The third-order valence-electron chi connectivity index (χ3n) is 7.42. The van der Waals surface area contributed by atoms with E-state index in [9.17, 15) is 16.8 Å². The number of rotatable bonds is 6. The summed E-state index contributed by atoms with van der Waals surface area (Å²) in [5, 5.41) is 0. The second-order valence-electron chi connectivity index (χ2n) is 8.04. The fraction of sp³-hybridized carbons (Fsp3) is 0.750. The van der Waals surface area contributed by atoms with Gasteiger partial charge in [0, 0.05) is 10.8 Å². The van der Waals surface area contributed by atoms with E-state index in [4.69, 9.17) is 8.37 Å². The number of hydrogen-bond donors (Lipinski definition) is 0. The van der Waals surface area contributed by atoms with Crippen LogP contribution >= 0.6 is 0 Å². The molecule has 6 aliphatic carbocycles. The summed E-state index contributed by atoms with van der Waals surface area (Å²) in [4.78, 5) is 0. The molecule has 6 aliphatic rings. The van der Waals surface area contributed by atoms with Crippen LogP contribution < -0.4 is 0 Å². The summed E-state index contributed by atoms with van der Waals surface area (Å²) in [6.07, 6.45) is 10.9. The van der Waals surface area contributed by atoms with Crippen LogP contribution in [-0.2, 0) is 28.6 Å². The fourth-order valence-electron chi connectivity index (χ4n) is 7.21. The van der Waals surface area contributed by atoms with Gasteiger partial charge in [-0.05, 0) is 35.5 Å². The summed E-state index contributed by atoms with van der Waals surface area (Å²) in [5.41, 5.74) is -0.732. The topological polar surface area (TPSA) is 86.7 Å². The minimum absolute atomic E-state index is 0.114. The van der Waals surface area contributed by atoms with E-state index in [2.05, 4.69) is 24.3 Å². The Balaban J connectivity index is 1.61. The van der Waals surface area contributed by atoms with Crippen LogP contribution in [0, 0.1) is 46.3 Å².